The van der Waals surface area contributed by atoms with E-state index in [-0.39, 0.29) is 5.02 Å². The van der Waals surface area contributed by atoms with Gasteiger partial charge in [0.15, 0.2) is 0 Å². The van der Waals surface area contributed by atoms with Gasteiger partial charge < -0.3 is 15.5 Å². The third-order valence-electron chi connectivity index (χ3n) is 2.38. The number of nitrogens with one attached hydrogen (secondary N) is 1. The van der Waals surface area contributed by atoms with Crippen molar-refractivity contribution in [3.05, 3.63) is 38.9 Å². The SMILES string of the molecule is O=C(O)C[C@H](NC(=O)c1ccc(Cl)cc1[N+](=O)[O-])C(=O)O. The van der Waals surface area contributed by atoms with Gasteiger partial charge in [-0.2, -0.15) is 0 Å². The number of rotatable bonds is 6. The first-order valence-electron chi connectivity index (χ1n) is 5.41. The lowest BCUT2D eigenvalue weighted by atomic mass is 10.1. The molecule has 3 N–H and O–H groups in total. The summed E-state index contributed by atoms with van der Waals surface area (Å²) in [6.07, 6.45) is -0.859. The molecular weight excluding hydrogens is 308 g/mol. The molecule has 1 rings (SSSR count). The molecule has 21 heavy (non-hydrogen) atoms. The van der Waals surface area contributed by atoms with Gasteiger partial charge in [-0.25, -0.2) is 4.79 Å². The Labute approximate surface area is 122 Å². The predicted octanol–water partition coefficient (Wildman–Crippen LogP) is 0.906. The van der Waals surface area contributed by atoms with Gasteiger partial charge >= 0.3 is 11.9 Å². The number of nitrogens with zero attached hydrogens (tertiary/aromatic N) is 1. The summed E-state index contributed by atoms with van der Waals surface area (Å²) in [5.41, 5.74) is -1.03. The number of carbonyl (C=O) groups excluding carboxylic acids is 1. The number of hydrogen-bond acceptors (Lipinski definition) is 5. The van der Waals surface area contributed by atoms with Crippen molar-refractivity contribution in [1.82, 2.24) is 5.32 Å². The molecule has 0 saturated carbocycles. The number of halogens is 1. The average Bonchev–Trinajstić information content (AvgIpc) is 2.36. The molecule has 0 saturated heterocycles. The summed E-state index contributed by atoms with van der Waals surface area (Å²) in [4.78, 5) is 43.2. The molecule has 0 aliphatic heterocycles. The van der Waals surface area contributed by atoms with Gasteiger partial charge in [-0.05, 0) is 12.1 Å². The summed E-state index contributed by atoms with van der Waals surface area (Å²) in [7, 11) is 0. The molecular formula is C11H9ClN2O7. The molecule has 9 nitrogen and oxygen atoms in total. The van der Waals surface area contributed by atoms with Crippen LogP contribution in [0.15, 0.2) is 18.2 Å². The third kappa shape index (κ3) is 4.42. The molecule has 1 aromatic carbocycles. The van der Waals surface area contributed by atoms with E-state index in [1.165, 1.54) is 6.07 Å². The van der Waals surface area contributed by atoms with Crippen LogP contribution in [-0.4, -0.2) is 39.0 Å². The molecule has 0 radical (unpaired) electrons. The molecule has 0 spiro atoms. The van der Waals surface area contributed by atoms with E-state index < -0.39 is 46.5 Å². The highest BCUT2D eigenvalue weighted by Gasteiger charge is 2.27. The number of carbonyl (C=O) groups is 3. The highest BCUT2D eigenvalue weighted by molar-refractivity contribution is 6.31. The van der Waals surface area contributed by atoms with Crippen LogP contribution in [0.5, 0.6) is 0 Å². The zero-order valence-electron chi connectivity index (χ0n) is 10.3. The van der Waals surface area contributed by atoms with E-state index in [0.717, 1.165) is 12.1 Å². The Kier molecular flexibility index (Phi) is 5.19. The number of aliphatic carboxylic acids is 2. The maximum atomic E-state index is 11.9. The monoisotopic (exact) mass is 316 g/mol. The van der Waals surface area contributed by atoms with Crippen molar-refractivity contribution in [3.8, 4) is 0 Å². The smallest absolute Gasteiger partial charge is 0.326 e. The molecule has 0 aliphatic carbocycles. The predicted molar refractivity (Wildman–Crippen MR) is 69.2 cm³/mol. The fourth-order valence-electron chi connectivity index (χ4n) is 1.46. The zero-order valence-corrected chi connectivity index (χ0v) is 11.0. The highest BCUT2D eigenvalue weighted by atomic mass is 35.5. The minimum absolute atomic E-state index is 0.0265. The van der Waals surface area contributed by atoms with Gasteiger partial charge in [-0.15, -0.1) is 0 Å². The van der Waals surface area contributed by atoms with E-state index in [9.17, 15) is 24.5 Å². The number of amides is 1. The normalized spacial score (nSPS) is 11.5. The maximum Gasteiger partial charge on any atom is 0.326 e. The summed E-state index contributed by atoms with van der Waals surface area (Å²) in [5, 5.41) is 30.1. The van der Waals surface area contributed by atoms with Crippen LogP contribution in [0, 0.1) is 10.1 Å². The van der Waals surface area contributed by atoms with E-state index >= 15 is 0 Å². The van der Waals surface area contributed by atoms with E-state index in [2.05, 4.69) is 0 Å². The summed E-state index contributed by atoms with van der Waals surface area (Å²) >= 11 is 5.58. The Hall–Kier alpha value is -2.68. The Morgan fingerprint density at radius 1 is 1.33 bits per heavy atom. The summed E-state index contributed by atoms with van der Waals surface area (Å²) in [6, 6.07) is 1.50. The standard InChI is InChI=1S/C11H9ClN2O7/c12-5-1-2-6(8(3-5)14(20)21)10(17)13-7(11(18)19)4-9(15)16/h1-3,7H,4H2,(H,13,17)(H,15,16)(H,18,19)/t7-/m0/s1. The van der Waals surface area contributed by atoms with E-state index in [1.54, 1.807) is 0 Å². The lowest BCUT2D eigenvalue weighted by Gasteiger charge is -2.12. The molecule has 10 heteroatoms. The fraction of sp³-hybridized carbons (Fsp3) is 0.182. The Morgan fingerprint density at radius 2 is 1.95 bits per heavy atom. The molecule has 0 heterocycles. The van der Waals surface area contributed by atoms with Gasteiger partial charge in [0, 0.05) is 11.1 Å². The summed E-state index contributed by atoms with van der Waals surface area (Å²) in [6.45, 7) is 0. The lowest BCUT2D eigenvalue weighted by Crippen LogP contribution is -2.42. The highest BCUT2D eigenvalue weighted by Crippen LogP contribution is 2.23. The number of carboxylic acid groups (broad SMARTS) is 2. The van der Waals surface area contributed by atoms with Crippen molar-refractivity contribution in [2.45, 2.75) is 12.5 Å². The van der Waals surface area contributed by atoms with Crippen molar-refractivity contribution in [3.63, 3.8) is 0 Å². The lowest BCUT2D eigenvalue weighted by molar-refractivity contribution is -0.385. The minimum atomic E-state index is -1.70. The quantitative estimate of drug-likeness (QED) is 0.521. The van der Waals surface area contributed by atoms with Crippen LogP contribution in [0.4, 0.5) is 5.69 Å². The first-order chi connectivity index (χ1) is 9.72. The largest absolute Gasteiger partial charge is 0.481 e. The molecule has 0 aliphatic rings. The minimum Gasteiger partial charge on any atom is -0.481 e. The maximum absolute atomic E-state index is 11.9. The topological polar surface area (TPSA) is 147 Å². The number of carboxylic acids is 2. The van der Waals surface area contributed by atoms with E-state index in [4.69, 9.17) is 21.8 Å². The van der Waals surface area contributed by atoms with Gasteiger partial charge in [0.2, 0.25) is 0 Å². The molecule has 0 fully saturated rings. The number of hydrogen-bond donors (Lipinski definition) is 3. The molecule has 1 aromatic rings. The Morgan fingerprint density at radius 3 is 2.43 bits per heavy atom. The van der Waals surface area contributed by atoms with Crippen LogP contribution in [0.25, 0.3) is 0 Å². The molecule has 0 unspecified atom stereocenters. The molecule has 1 amide bonds. The third-order valence-corrected chi connectivity index (χ3v) is 2.62. The Balaban J connectivity index is 3.05. The van der Waals surface area contributed by atoms with Crippen molar-refractivity contribution >= 4 is 35.1 Å². The first kappa shape index (κ1) is 16.4. The second-order valence-electron chi connectivity index (χ2n) is 3.88. The summed E-state index contributed by atoms with van der Waals surface area (Å²) < 4.78 is 0. The Bertz CT molecular complexity index is 617. The zero-order chi connectivity index (χ0) is 16.2. The van der Waals surface area contributed by atoms with Crippen molar-refractivity contribution in [2.24, 2.45) is 0 Å². The van der Waals surface area contributed by atoms with Gasteiger partial charge in [0.1, 0.15) is 11.6 Å². The van der Waals surface area contributed by atoms with E-state index in [0.29, 0.717) is 0 Å². The van der Waals surface area contributed by atoms with E-state index in [1.807, 2.05) is 5.32 Å². The van der Waals surface area contributed by atoms with Gasteiger partial charge in [0.25, 0.3) is 11.6 Å². The molecule has 112 valence electrons. The molecule has 1 atom stereocenters. The summed E-state index contributed by atoms with van der Waals surface area (Å²) in [5.74, 6) is -4.08. The van der Waals surface area contributed by atoms with Crippen LogP contribution in [0.2, 0.25) is 5.02 Å². The van der Waals surface area contributed by atoms with Crippen LogP contribution in [-0.2, 0) is 9.59 Å². The first-order valence-corrected chi connectivity index (χ1v) is 5.79. The van der Waals surface area contributed by atoms with Crippen molar-refractivity contribution in [2.75, 3.05) is 0 Å². The second kappa shape index (κ2) is 6.66. The average molecular weight is 317 g/mol. The second-order valence-corrected chi connectivity index (χ2v) is 4.32. The van der Waals surface area contributed by atoms with Crippen LogP contribution in [0.1, 0.15) is 16.8 Å². The number of nitro benzene ring substituents is 1. The molecule has 0 bridgehead atoms. The van der Waals surface area contributed by atoms with Crippen molar-refractivity contribution < 1.29 is 29.5 Å². The molecule has 0 aromatic heterocycles. The van der Waals surface area contributed by atoms with Gasteiger partial charge in [0.05, 0.1) is 11.3 Å². The van der Waals surface area contributed by atoms with Crippen LogP contribution >= 0.6 is 11.6 Å². The fourth-order valence-corrected chi connectivity index (χ4v) is 1.62. The van der Waals surface area contributed by atoms with Crippen LogP contribution < -0.4 is 5.32 Å². The number of benzene rings is 1. The van der Waals surface area contributed by atoms with Crippen LogP contribution in [0.3, 0.4) is 0 Å². The van der Waals surface area contributed by atoms with Gasteiger partial charge in [-0.3, -0.25) is 19.7 Å². The van der Waals surface area contributed by atoms with Crippen molar-refractivity contribution in [1.29, 1.82) is 0 Å². The number of nitro groups is 1. The van der Waals surface area contributed by atoms with Gasteiger partial charge in [-0.1, -0.05) is 11.6 Å².